The van der Waals surface area contributed by atoms with E-state index in [-0.39, 0.29) is 17.1 Å². The first kappa shape index (κ1) is 19.6. The predicted octanol–water partition coefficient (Wildman–Crippen LogP) is 4.16. The molecule has 0 aliphatic rings. The maximum Gasteiger partial charge on any atom is 0.279 e. The monoisotopic (exact) mass is 397 g/mol. The van der Waals surface area contributed by atoms with Gasteiger partial charge in [0.05, 0.1) is 27.9 Å². The topological polar surface area (TPSA) is 164 Å². The number of nitrogens with one attached hydrogen (secondary N) is 1. The molecule has 0 aliphatic carbocycles. The van der Waals surface area contributed by atoms with Gasteiger partial charge in [-0.1, -0.05) is 11.6 Å². The Morgan fingerprint density at radius 1 is 1.14 bits per heavy atom. The quantitative estimate of drug-likeness (QED) is 0.373. The van der Waals surface area contributed by atoms with Crippen LogP contribution in [0.15, 0.2) is 40.6 Å². The molecule has 1 amide bonds. The first-order valence-electron chi connectivity index (χ1n) is 8.35. The Morgan fingerprint density at radius 3 is 2.52 bits per heavy atom. The second kappa shape index (κ2) is 7.46. The van der Waals surface area contributed by atoms with Crippen LogP contribution in [0.2, 0.25) is 0 Å². The van der Waals surface area contributed by atoms with Crippen molar-refractivity contribution in [1.29, 1.82) is 0 Å². The molecule has 0 bridgehead atoms. The molecule has 0 saturated heterocycles. The Labute approximate surface area is 163 Å². The van der Waals surface area contributed by atoms with Crippen molar-refractivity contribution in [1.82, 2.24) is 4.98 Å². The van der Waals surface area contributed by atoms with E-state index in [1.165, 1.54) is 0 Å². The largest absolute Gasteiger partial charge is 0.493 e. The fourth-order valence-electron chi connectivity index (χ4n) is 3.02. The number of aromatic nitrogens is 1. The number of nitro benzene ring substituents is 2. The number of rotatable bonds is 5. The normalized spacial score (nSPS) is 11.2. The summed E-state index contributed by atoms with van der Waals surface area (Å²) >= 11 is 0. The standard InChI is InChI=1S/C18H15N5O6/c1-9-5-10(2)16-13(6-9)17(18(25)19-16)21-20-15(24)7-11-3-4-12(22(26)27)8-14(11)23(28)29/h3-6,8,19,25H,7H2,1-2H3. The van der Waals surface area contributed by atoms with Gasteiger partial charge in [0.1, 0.15) is 0 Å². The first-order chi connectivity index (χ1) is 13.7. The van der Waals surface area contributed by atoms with Crippen molar-refractivity contribution in [3.63, 3.8) is 0 Å². The molecule has 3 rings (SSSR count). The molecule has 0 fully saturated rings. The van der Waals surface area contributed by atoms with Gasteiger partial charge in [0.2, 0.25) is 5.88 Å². The average Bonchev–Trinajstić information content (AvgIpc) is 2.95. The van der Waals surface area contributed by atoms with E-state index in [9.17, 15) is 30.1 Å². The minimum absolute atomic E-state index is 0.0283. The highest BCUT2D eigenvalue weighted by atomic mass is 16.6. The molecule has 0 radical (unpaired) electrons. The zero-order valence-electron chi connectivity index (χ0n) is 15.4. The molecule has 29 heavy (non-hydrogen) atoms. The van der Waals surface area contributed by atoms with Gasteiger partial charge in [-0.3, -0.25) is 25.0 Å². The van der Waals surface area contributed by atoms with Gasteiger partial charge < -0.3 is 10.1 Å². The Balaban J connectivity index is 1.90. The number of nitrogens with zero attached hydrogens (tertiary/aromatic N) is 4. The summed E-state index contributed by atoms with van der Waals surface area (Å²) in [5, 5.41) is 40.0. The van der Waals surface area contributed by atoms with Gasteiger partial charge in [-0.15, -0.1) is 10.2 Å². The number of nitro groups is 2. The minimum Gasteiger partial charge on any atom is -0.493 e. The molecule has 0 spiro atoms. The highest BCUT2D eigenvalue weighted by Crippen LogP contribution is 2.37. The summed E-state index contributed by atoms with van der Waals surface area (Å²) in [5.74, 6) is -1.06. The fraction of sp³-hybridized carbons (Fsp3) is 0.167. The van der Waals surface area contributed by atoms with E-state index in [0.717, 1.165) is 29.3 Å². The van der Waals surface area contributed by atoms with E-state index in [1.54, 1.807) is 6.07 Å². The predicted molar refractivity (Wildman–Crippen MR) is 102 cm³/mol. The van der Waals surface area contributed by atoms with Crippen LogP contribution in [0.5, 0.6) is 5.88 Å². The molecule has 0 atom stereocenters. The molecule has 11 heteroatoms. The van der Waals surface area contributed by atoms with Crippen molar-refractivity contribution in [2.24, 2.45) is 10.2 Å². The van der Waals surface area contributed by atoms with Crippen LogP contribution < -0.4 is 0 Å². The Morgan fingerprint density at radius 2 is 1.86 bits per heavy atom. The number of azo groups is 1. The van der Waals surface area contributed by atoms with E-state index in [2.05, 4.69) is 15.2 Å². The Hall–Kier alpha value is -4.15. The fourth-order valence-corrected chi connectivity index (χ4v) is 3.02. The lowest BCUT2D eigenvalue weighted by molar-refractivity contribution is -0.394. The molecular weight excluding hydrogens is 382 g/mol. The molecule has 0 saturated carbocycles. The number of fused-ring (bicyclic) bond motifs is 1. The van der Waals surface area contributed by atoms with Crippen LogP contribution in [0.4, 0.5) is 17.1 Å². The van der Waals surface area contributed by atoms with Crippen LogP contribution in [0.25, 0.3) is 10.9 Å². The third-order valence-corrected chi connectivity index (χ3v) is 4.28. The summed E-state index contributed by atoms with van der Waals surface area (Å²) in [5.41, 5.74) is 1.51. The molecule has 2 N–H and O–H groups in total. The lowest BCUT2D eigenvalue weighted by Gasteiger charge is -2.00. The number of benzene rings is 2. The smallest absolute Gasteiger partial charge is 0.279 e. The lowest BCUT2D eigenvalue weighted by atomic mass is 10.1. The molecule has 1 heterocycles. The third-order valence-electron chi connectivity index (χ3n) is 4.28. The number of aromatic hydroxyl groups is 1. The molecule has 148 valence electrons. The number of hydrogen-bond donors (Lipinski definition) is 2. The molecular formula is C18H15N5O6. The summed E-state index contributed by atoms with van der Waals surface area (Å²) in [6.45, 7) is 3.72. The number of hydrogen-bond acceptors (Lipinski definition) is 7. The van der Waals surface area contributed by atoms with Crippen molar-refractivity contribution < 1.29 is 19.7 Å². The number of aromatic amines is 1. The van der Waals surface area contributed by atoms with E-state index in [1.807, 2.05) is 19.9 Å². The van der Waals surface area contributed by atoms with Gasteiger partial charge in [-0.05, 0) is 31.5 Å². The third kappa shape index (κ3) is 3.93. The number of carbonyl (C=O) groups is 1. The highest BCUT2D eigenvalue weighted by Gasteiger charge is 2.21. The van der Waals surface area contributed by atoms with Crippen LogP contribution in [0, 0.1) is 34.1 Å². The number of carbonyl (C=O) groups excluding carboxylic acids is 1. The average molecular weight is 397 g/mol. The van der Waals surface area contributed by atoms with Gasteiger partial charge in [0, 0.05) is 17.0 Å². The van der Waals surface area contributed by atoms with Crippen LogP contribution in [0.3, 0.4) is 0 Å². The Kier molecular flexibility index (Phi) is 5.05. The summed E-state index contributed by atoms with van der Waals surface area (Å²) in [7, 11) is 0. The second-order valence-corrected chi connectivity index (χ2v) is 6.42. The molecule has 2 aromatic carbocycles. The minimum atomic E-state index is -0.805. The molecule has 0 aliphatic heterocycles. The van der Waals surface area contributed by atoms with Crippen LogP contribution in [-0.4, -0.2) is 25.8 Å². The van der Waals surface area contributed by atoms with Gasteiger partial charge in [-0.2, -0.15) is 0 Å². The summed E-state index contributed by atoms with van der Waals surface area (Å²) in [6.07, 6.45) is -0.473. The molecule has 3 aromatic rings. The number of non-ortho nitro benzene ring substituents is 1. The maximum atomic E-state index is 12.2. The number of amides is 1. The van der Waals surface area contributed by atoms with Gasteiger partial charge in [0.15, 0.2) is 5.69 Å². The first-order valence-corrected chi connectivity index (χ1v) is 8.35. The van der Waals surface area contributed by atoms with Crippen LogP contribution in [0.1, 0.15) is 16.7 Å². The van der Waals surface area contributed by atoms with Crippen molar-refractivity contribution in [2.45, 2.75) is 20.3 Å². The lowest BCUT2D eigenvalue weighted by Crippen LogP contribution is -2.03. The van der Waals surface area contributed by atoms with E-state index in [4.69, 9.17) is 0 Å². The van der Waals surface area contributed by atoms with Gasteiger partial charge in [-0.25, -0.2) is 0 Å². The number of H-pyrrole nitrogens is 1. The van der Waals surface area contributed by atoms with Gasteiger partial charge in [0.25, 0.3) is 17.3 Å². The van der Waals surface area contributed by atoms with E-state index >= 15 is 0 Å². The molecule has 0 unspecified atom stereocenters. The Bertz CT molecular complexity index is 1200. The van der Waals surface area contributed by atoms with Crippen molar-refractivity contribution >= 4 is 33.9 Å². The molecule has 1 aromatic heterocycles. The van der Waals surface area contributed by atoms with Crippen LogP contribution in [-0.2, 0) is 11.2 Å². The van der Waals surface area contributed by atoms with E-state index in [0.29, 0.717) is 10.9 Å². The van der Waals surface area contributed by atoms with Gasteiger partial charge >= 0.3 is 0 Å². The molecule has 11 nitrogen and oxygen atoms in total. The van der Waals surface area contributed by atoms with Crippen molar-refractivity contribution in [2.75, 3.05) is 0 Å². The van der Waals surface area contributed by atoms with Crippen molar-refractivity contribution in [3.05, 3.63) is 67.3 Å². The SMILES string of the molecule is Cc1cc(C)c2[nH]c(O)c(N=NC(=O)Cc3ccc([N+](=O)[O-])cc3[N+](=O)[O-])c2c1. The number of aryl methyl sites for hydroxylation is 2. The van der Waals surface area contributed by atoms with E-state index < -0.39 is 33.5 Å². The summed E-state index contributed by atoms with van der Waals surface area (Å²) in [4.78, 5) is 35.3. The van der Waals surface area contributed by atoms with Crippen molar-refractivity contribution in [3.8, 4) is 5.88 Å². The zero-order chi connectivity index (χ0) is 21.3. The summed E-state index contributed by atoms with van der Waals surface area (Å²) < 4.78 is 0. The zero-order valence-corrected chi connectivity index (χ0v) is 15.4. The van der Waals surface area contributed by atoms with Crippen LogP contribution >= 0.6 is 0 Å². The highest BCUT2D eigenvalue weighted by molar-refractivity contribution is 5.96. The summed E-state index contributed by atoms with van der Waals surface area (Å²) in [6, 6.07) is 6.69. The second-order valence-electron chi connectivity index (χ2n) is 6.42. The maximum absolute atomic E-state index is 12.2.